The Balaban J connectivity index is 1.75. The van der Waals surface area contributed by atoms with E-state index in [1.807, 2.05) is 54.5 Å². The van der Waals surface area contributed by atoms with E-state index in [1.165, 1.54) is 5.56 Å². The molecule has 0 saturated carbocycles. The van der Waals surface area contributed by atoms with E-state index >= 15 is 0 Å². The highest BCUT2D eigenvalue weighted by molar-refractivity contribution is 6.08. The molecule has 2 aromatic carbocycles. The van der Waals surface area contributed by atoms with Crippen LogP contribution in [-0.2, 0) is 13.5 Å². The molecular weight excluding hydrogens is 262 g/mol. The summed E-state index contributed by atoms with van der Waals surface area (Å²) in [4.78, 5) is 14.7. The molecule has 0 fully saturated rings. The summed E-state index contributed by atoms with van der Waals surface area (Å²) in [6, 6.07) is 13.9. The maximum atomic E-state index is 12.8. The number of hydrogen-bond acceptors (Lipinski definition) is 2. The lowest BCUT2D eigenvalue weighted by Gasteiger charge is -2.17. The van der Waals surface area contributed by atoms with Crippen molar-refractivity contribution in [1.82, 2.24) is 9.78 Å². The Labute approximate surface area is 122 Å². The third kappa shape index (κ3) is 1.83. The van der Waals surface area contributed by atoms with Gasteiger partial charge in [-0.2, -0.15) is 5.10 Å². The fourth-order valence-corrected chi connectivity index (χ4v) is 2.98. The second-order valence-electron chi connectivity index (χ2n) is 5.38. The number of anilines is 1. The highest BCUT2D eigenvalue weighted by Crippen LogP contribution is 2.29. The van der Waals surface area contributed by atoms with Gasteiger partial charge in [0.1, 0.15) is 0 Å². The zero-order valence-electron chi connectivity index (χ0n) is 11.8. The van der Waals surface area contributed by atoms with Gasteiger partial charge in [0.15, 0.2) is 0 Å². The van der Waals surface area contributed by atoms with Gasteiger partial charge >= 0.3 is 0 Å². The van der Waals surface area contributed by atoms with Gasteiger partial charge in [-0.3, -0.25) is 9.48 Å². The Kier molecular flexibility index (Phi) is 2.57. The molecule has 1 aromatic heterocycles. The first kappa shape index (κ1) is 12.1. The number of aromatic nitrogens is 2. The van der Waals surface area contributed by atoms with Gasteiger partial charge in [0.05, 0.1) is 11.7 Å². The van der Waals surface area contributed by atoms with E-state index in [0.29, 0.717) is 5.56 Å². The quantitative estimate of drug-likeness (QED) is 0.686. The number of para-hydroxylation sites is 1. The van der Waals surface area contributed by atoms with Crippen LogP contribution in [0.4, 0.5) is 5.69 Å². The van der Waals surface area contributed by atoms with Gasteiger partial charge in [0, 0.05) is 30.2 Å². The lowest BCUT2D eigenvalue weighted by molar-refractivity contribution is 0.0989. The molecule has 0 unspecified atom stereocenters. The molecule has 0 atom stereocenters. The molecule has 1 aliphatic rings. The minimum absolute atomic E-state index is 0.0584. The second-order valence-corrected chi connectivity index (χ2v) is 5.38. The molecule has 4 nitrogen and oxygen atoms in total. The lowest BCUT2D eigenvalue weighted by atomic mass is 10.1. The first-order chi connectivity index (χ1) is 10.2. The summed E-state index contributed by atoms with van der Waals surface area (Å²) in [5.74, 6) is 0.0584. The number of carbonyl (C=O) groups excluding carboxylic acids is 1. The summed E-state index contributed by atoms with van der Waals surface area (Å²) in [5, 5.41) is 5.27. The summed E-state index contributed by atoms with van der Waals surface area (Å²) in [5.41, 5.74) is 3.97. The summed E-state index contributed by atoms with van der Waals surface area (Å²) in [6.45, 7) is 0.752. The van der Waals surface area contributed by atoms with Crippen molar-refractivity contribution >= 4 is 22.5 Å². The average molecular weight is 277 g/mol. The Morgan fingerprint density at radius 1 is 1.19 bits per heavy atom. The van der Waals surface area contributed by atoms with Crippen LogP contribution in [-0.4, -0.2) is 22.2 Å². The van der Waals surface area contributed by atoms with Crippen molar-refractivity contribution < 1.29 is 4.79 Å². The van der Waals surface area contributed by atoms with Crippen LogP contribution in [0.3, 0.4) is 0 Å². The molecule has 0 bridgehead atoms. The van der Waals surface area contributed by atoms with Crippen LogP contribution in [0.5, 0.6) is 0 Å². The molecule has 0 N–H and O–H groups in total. The second kappa shape index (κ2) is 4.45. The van der Waals surface area contributed by atoms with Crippen molar-refractivity contribution in [2.75, 3.05) is 11.4 Å². The number of hydrogen-bond donors (Lipinski definition) is 0. The molecule has 1 aliphatic heterocycles. The lowest BCUT2D eigenvalue weighted by Crippen LogP contribution is -2.28. The molecule has 3 aromatic rings. The fourth-order valence-electron chi connectivity index (χ4n) is 2.98. The normalized spacial score (nSPS) is 13.7. The molecule has 0 aliphatic carbocycles. The Hall–Kier alpha value is -2.62. The number of nitrogens with zero attached hydrogens (tertiary/aromatic N) is 3. The highest BCUT2D eigenvalue weighted by Gasteiger charge is 2.25. The number of carbonyl (C=O) groups is 1. The van der Waals surface area contributed by atoms with E-state index in [1.54, 1.807) is 4.68 Å². The highest BCUT2D eigenvalue weighted by atomic mass is 16.2. The Morgan fingerprint density at radius 2 is 2.05 bits per heavy atom. The summed E-state index contributed by atoms with van der Waals surface area (Å²) >= 11 is 0. The monoisotopic (exact) mass is 277 g/mol. The number of rotatable bonds is 1. The van der Waals surface area contributed by atoms with Crippen LogP contribution in [0.2, 0.25) is 0 Å². The summed E-state index contributed by atoms with van der Waals surface area (Å²) in [7, 11) is 1.89. The third-order valence-corrected chi connectivity index (χ3v) is 4.13. The van der Waals surface area contributed by atoms with E-state index in [2.05, 4.69) is 11.2 Å². The molecule has 0 radical (unpaired) electrons. The van der Waals surface area contributed by atoms with Crippen LogP contribution >= 0.6 is 0 Å². The van der Waals surface area contributed by atoms with Gasteiger partial charge in [-0.05, 0) is 30.2 Å². The molecule has 4 heteroatoms. The Morgan fingerprint density at radius 3 is 2.95 bits per heavy atom. The van der Waals surface area contributed by atoms with Gasteiger partial charge in [-0.25, -0.2) is 0 Å². The van der Waals surface area contributed by atoms with Crippen LogP contribution in [0.1, 0.15) is 15.9 Å². The van der Waals surface area contributed by atoms with E-state index in [4.69, 9.17) is 0 Å². The van der Waals surface area contributed by atoms with Crippen molar-refractivity contribution in [3.8, 4) is 0 Å². The van der Waals surface area contributed by atoms with Crippen LogP contribution in [0.15, 0.2) is 48.7 Å². The third-order valence-electron chi connectivity index (χ3n) is 4.13. The summed E-state index contributed by atoms with van der Waals surface area (Å²) < 4.78 is 1.80. The van der Waals surface area contributed by atoms with Crippen LogP contribution in [0.25, 0.3) is 10.9 Å². The van der Waals surface area contributed by atoms with Gasteiger partial charge in [0.2, 0.25) is 0 Å². The molecule has 104 valence electrons. The number of benzene rings is 2. The van der Waals surface area contributed by atoms with Crippen LogP contribution < -0.4 is 4.90 Å². The fraction of sp³-hybridized carbons (Fsp3) is 0.176. The average Bonchev–Trinajstić information content (AvgIpc) is 3.10. The minimum Gasteiger partial charge on any atom is -0.308 e. The van der Waals surface area contributed by atoms with E-state index in [0.717, 1.165) is 29.6 Å². The van der Waals surface area contributed by atoms with Crippen molar-refractivity contribution in [3.63, 3.8) is 0 Å². The van der Waals surface area contributed by atoms with E-state index < -0.39 is 0 Å². The first-order valence-electron chi connectivity index (χ1n) is 7.05. The smallest absolute Gasteiger partial charge is 0.258 e. The SMILES string of the molecule is Cn1ncc2ccc(C(=O)N3CCc4ccccc43)cc21. The molecule has 0 spiro atoms. The van der Waals surface area contributed by atoms with Gasteiger partial charge in [0.25, 0.3) is 5.91 Å². The zero-order valence-corrected chi connectivity index (χ0v) is 11.8. The van der Waals surface area contributed by atoms with Gasteiger partial charge in [-0.1, -0.05) is 24.3 Å². The number of aryl methyl sites for hydroxylation is 1. The molecule has 2 heterocycles. The van der Waals surface area contributed by atoms with Crippen molar-refractivity contribution in [2.45, 2.75) is 6.42 Å². The summed E-state index contributed by atoms with van der Waals surface area (Å²) in [6.07, 6.45) is 2.74. The molecular formula is C17H15N3O. The van der Waals surface area contributed by atoms with Crippen molar-refractivity contribution in [3.05, 3.63) is 59.8 Å². The standard InChI is InChI=1S/C17H15N3O/c1-19-16-10-13(6-7-14(16)11-18-19)17(21)20-9-8-12-4-2-3-5-15(12)20/h2-7,10-11H,8-9H2,1H3. The largest absolute Gasteiger partial charge is 0.308 e. The zero-order chi connectivity index (χ0) is 14.4. The van der Waals surface area contributed by atoms with E-state index in [9.17, 15) is 4.79 Å². The predicted molar refractivity (Wildman–Crippen MR) is 82.5 cm³/mol. The topological polar surface area (TPSA) is 38.1 Å². The van der Waals surface area contributed by atoms with Gasteiger partial charge < -0.3 is 4.90 Å². The number of amides is 1. The van der Waals surface area contributed by atoms with Crippen LogP contribution in [0, 0.1) is 0 Å². The van der Waals surface area contributed by atoms with Crippen molar-refractivity contribution in [2.24, 2.45) is 7.05 Å². The molecule has 1 amide bonds. The predicted octanol–water partition coefficient (Wildman–Crippen LogP) is 2.78. The Bertz CT molecular complexity index is 850. The maximum Gasteiger partial charge on any atom is 0.258 e. The maximum absolute atomic E-state index is 12.8. The van der Waals surface area contributed by atoms with Crippen molar-refractivity contribution in [1.29, 1.82) is 0 Å². The van der Waals surface area contributed by atoms with Gasteiger partial charge in [-0.15, -0.1) is 0 Å². The first-order valence-corrected chi connectivity index (χ1v) is 7.05. The number of fused-ring (bicyclic) bond motifs is 2. The minimum atomic E-state index is 0.0584. The van der Waals surface area contributed by atoms with E-state index in [-0.39, 0.29) is 5.91 Å². The molecule has 4 rings (SSSR count). The molecule has 21 heavy (non-hydrogen) atoms. The molecule has 0 saturated heterocycles.